The average molecular weight is 218 g/mol. The molecule has 1 N–H and O–H groups in total. The predicted octanol–water partition coefficient (Wildman–Crippen LogP) is 2.12. The predicted molar refractivity (Wildman–Crippen MR) is 58.8 cm³/mol. The van der Waals surface area contributed by atoms with E-state index in [1.807, 2.05) is 12.1 Å². The Morgan fingerprint density at radius 1 is 1.38 bits per heavy atom. The fourth-order valence-corrected chi connectivity index (χ4v) is 2.25. The van der Waals surface area contributed by atoms with Gasteiger partial charge in [-0.2, -0.15) is 4.73 Å². The third-order valence-electron chi connectivity index (χ3n) is 3.16. The second kappa shape index (κ2) is 3.79. The lowest BCUT2D eigenvalue weighted by Crippen LogP contribution is -2.14. The van der Waals surface area contributed by atoms with E-state index in [1.54, 1.807) is 6.20 Å². The molecule has 0 spiro atoms. The molecule has 3 aliphatic rings. The zero-order valence-corrected chi connectivity index (χ0v) is 8.97. The molecule has 1 fully saturated rings. The Bertz CT molecular complexity index is 460. The number of hydrogen-bond donors (Lipinski definition) is 1. The van der Waals surface area contributed by atoms with Crippen molar-refractivity contribution in [3.05, 3.63) is 30.1 Å². The van der Waals surface area contributed by atoms with Crippen LogP contribution in [0.5, 0.6) is 0 Å². The molecule has 0 aromatic rings. The first-order valence-corrected chi connectivity index (χ1v) is 5.59. The van der Waals surface area contributed by atoms with E-state index in [0.29, 0.717) is 11.7 Å². The molecular weight excluding hydrogens is 204 g/mol. The summed E-state index contributed by atoms with van der Waals surface area (Å²) in [6.45, 7) is 1.62. The van der Waals surface area contributed by atoms with Gasteiger partial charge in [-0.05, 0) is 31.0 Å². The number of ether oxygens (including phenoxy) is 1. The standard InChI is InChI=1S/C12H14N2O2/c15-14-5-1-2-10-8-11(13-12(10)14)9-3-6-16-7-4-9/h1-2,5,8-9,15H,3-4,6-7H2. The maximum atomic E-state index is 9.61. The van der Waals surface area contributed by atoms with Crippen molar-refractivity contribution in [1.82, 2.24) is 9.71 Å². The zero-order chi connectivity index (χ0) is 11.0. The van der Waals surface area contributed by atoms with Crippen LogP contribution in [-0.2, 0) is 4.74 Å². The summed E-state index contributed by atoms with van der Waals surface area (Å²) in [6, 6.07) is 5.85. The van der Waals surface area contributed by atoms with Crippen LogP contribution in [0.15, 0.2) is 24.4 Å². The summed E-state index contributed by atoms with van der Waals surface area (Å²) in [7, 11) is 0. The largest absolute Gasteiger partial charge is 0.427 e. The summed E-state index contributed by atoms with van der Waals surface area (Å²) in [4.78, 5) is 4.49. The molecule has 0 bridgehead atoms. The van der Waals surface area contributed by atoms with E-state index in [1.165, 1.54) is 0 Å². The van der Waals surface area contributed by atoms with Gasteiger partial charge in [-0.1, -0.05) is 0 Å². The van der Waals surface area contributed by atoms with Crippen LogP contribution in [0.2, 0.25) is 0 Å². The maximum Gasteiger partial charge on any atom is 0.175 e. The second-order valence-electron chi connectivity index (χ2n) is 4.20. The van der Waals surface area contributed by atoms with Crippen molar-refractivity contribution in [3.8, 4) is 11.4 Å². The van der Waals surface area contributed by atoms with E-state index in [0.717, 1.165) is 42.0 Å². The molecule has 84 valence electrons. The Labute approximate surface area is 93.8 Å². The Balaban J connectivity index is 1.98. The summed E-state index contributed by atoms with van der Waals surface area (Å²) >= 11 is 0. The molecule has 3 heterocycles. The molecule has 16 heavy (non-hydrogen) atoms. The summed E-state index contributed by atoms with van der Waals surface area (Å²) in [5, 5.41) is 9.61. The Morgan fingerprint density at radius 2 is 2.19 bits per heavy atom. The van der Waals surface area contributed by atoms with Gasteiger partial charge in [-0.3, -0.25) is 0 Å². The number of hydrogen-bond acceptors (Lipinski definition) is 3. The molecular formula is C12H14N2O2. The maximum absolute atomic E-state index is 9.61. The molecule has 4 nitrogen and oxygen atoms in total. The van der Waals surface area contributed by atoms with Crippen molar-refractivity contribution < 1.29 is 9.94 Å². The van der Waals surface area contributed by atoms with E-state index >= 15 is 0 Å². The normalized spacial score (nSPS) is 18.0. The number of rotatable bonds is 1. The molecule has 0 amide bonds. The quantitative estimate of drug-likeness (QED) is 0.746. The van der Waals surface area contributed by atoms with Crippen molar-refractivity contribution >= 4 is 0 Å². The van der Waals surface area contributed by atoms with Crippen molar-refractivity contribution in [2.24, 2.45) is 0 Å². The fourth-order valence-electron chi connectivity index (χ4n) is 2.25. The number of fused-ring (bicyclic) bond motifs is 1. The highest BCUT2D eigenvalue weighted by Gasteiger charge is 2.21. The summed E-state index contributed by atoms with van der Waals surface area (Å²) in [5.74, 6) is 1.12. The van der Waals surface area contributed by atoms with Crippen LogP contribution in [0.4, 0.5) is 0 Å². The number of aromatic nitrogens is 2. The Morgan fingerprint density at radius 3 is 2.94 bits per heavy atom. The first-order valence-electron chi connectivity index (χ1n) is 5.59. The third kappa shape index (κ3) is 1.55. The van der Waals surface area contributed by atoms with Gasteiger partial charge in [-0.25, -0.2) is 4.98 Å². The Hall–Kier alpha value is -1.55. The van der Waals surface area contributed by atoms with Crippen molar-refractivity contribution in [3.63, 3.8) is 0 Å². The van der Waals surface area contributed by atoms with Crippen LogP contribution in [0.25, 0.3) is 11.4 Å². The van der Waals surface area contributed by atoms with Gasteiger partial charge in [0.1, 0.15) is 0 Å². The van der Waals surface area contributed by atoms with Crippen molar-refractivity contribution in [1.29, 1.82) is 0 Å². The lowest BCUT2D eigenvalue weighted by atomic mass is 9.97. The molecule has 1 saturated heterocycles. The van der Waals surface area contributed by atoms with Gasteiger partial charge >= 0.3 is 0 Å². The van der Waals surface area contributed by atoms with Crippen molar-refractivity contribution in [2.75, 3.05) is 13.2 Å². The molecule has 0 radical (unpaired) electrons. The highest BCUT2D eigenvalue weighted by molar-refractivity contribution is 5.59. The topological polar surface area (TPSA) is 47.3 Å². The van der Waals surface area contributed by atoms with E-state index in [-0.39, 0.29) is 0 Å². The lowest BCUT2D eigenvalue weighted by molar-refractivity contribution is 0.0846. The monoisotopic (exact) mass is 218 g/mol. The first-order chi connectivity index (χ1) is 7.84. The highest BCUT2D eigenvalue weighted by Crippen LogP contribution is 2.31. The van der Waals surface area contributed by atoms with Crippen molar-refractivity contribution in [2.45, 2.75) is 18.8 Å². The van der Waals surface area contributed by atoms with Crippen LogP contribution < -0.4 is 0 Å². The minimum absolute atomic E-state index is 0.473. The molecule has 0 unspecified atom stereocenters. The molecule has 0 saturated carbocycles. The van der Waals surface area contributed by atoms with Gasteiger partial charge in [0.25, 0.3) is 0 Å². The van der Waals surface area contributed by atoms with E-state index in [4.69, 9.17) is 4.74 Å². The summed E-state index contributed by atoms with van der Waals surface area (Å²) in [5.41, 5.74) is 2.07. The van der Waals surface area contributed by atoms with Crippen LogP contribution in [0, 0.1) is 0 Å². The minimum Gasteiger partial charge on any atom is -0.427 e. The minimum atomic E-state index is 0.473. The molecule has 0 aromatic heterocycles. The molecule has 0 atom stereocenters. The lowest BCUT2D eigenvalue weighted by Gasteiger charge is -2.19. The molecule has 4 heteroatoms. The smallest absolute Gasteiger partial charge is 0.175 e. The summed E-state index contributed by atoms with van der Waals surface area (Å²) < 4.78 is 6.42. The second-order valence-corrected chi connectivity index (χ2v) is 4.20. The SMILES string of the molecule is On1cccc2cc(C3CCOCC3)nc1-2. The first kappa shape index (κ1) is 9.66. The molecule has 0 aliphatic carbocycles. The van der Waals surface area contributed by atoms with Gasteiger partial charge in [-0.15, -0.1) is 0 Å². The molecule has 3 aliphatic heterocycles. The third-order valence-corrected chi connectivity index (χ3v) is 3.16. The highest BCUT2D eigenvalue weighted by atomic mass is 16.5. The van der Waals surface area contributed by atoms with Crippen LogP contribution in [0.1, 0.15) is 24.5 Å². The average Bonchev–Trinajstić information content (AvgIpc) is 2.76. The Kier molecular flexibility index (Phi) is 2.29. The summed E-state index contributed by atoms with van der Waals surface area (Å²) in [6.07, 6.45) is 3.65. The molecule has 0 aromatic carbocycles. The van der Waals surface area contributed by atoms with Gasteiger partial charge in [0.15, 0.2) is 5.82 Å². The van der Waals surface area contributed by atoms with E-state index in [9.17, 15) is 5.21 Å². The number of pyridine rings is 1. The van der Waals surface area contributed by atoms with Gasteiger partial charge < -0.3 is 9.94 Å². The van der Waals surface area contributed by atoms with Crippen LogP contribution in [-0.4, -0.2) is 28.1 Å². The molecule has 3 rings (SSSR count). The van der Waals surface area contributed by atoms with E-state index < -0.39 is 0 Å². The fraction of sp³-hybridized carbons (Fsp3) is 0.417. The van der Waals surface area contributed by atoms with Gasteiger partial charge in [0.2, 0.25) is 0 Å². The van der Waals surface area contributed by atoms with Crippen LogP contribution in [0.3, 0.4) is 0 Å². The van der Waals surface area contributed by atoms with Gasteiger partial charge in [0.05, 0.1) is 0 Å². The number of nitrogens with zero attached hydrogens (tertiary/aromatic N) is 2. The van der Waals surface area contributed by atoms with Gasteiger partial charge in [0, 0.05) is 36.6 Å². The van der Waals surface area contributed by atoms with E-state index in [2.05, 4.69) is 11.1 Å². The van der Waals surface area contributed by atoms with Crippen LogP contribution >= 0.6 is 0 Å². The zero-order valence-electron chi connectivity index (χ0n) is 8.97.